The van der Waals surface area contributed by atoms with Gasteiger partial charge in [-0.25, -0.2) is 0 Å². The second-order valence-electron chi connectivity index (χ2n) is 6.62. The number of nitrogens with zero attached hydrogens (tertiary/aromatic N) is 1. The number of rotatable bonds is 10. The molecule has 2 aromatic heterocycles. The van der Waals surface area contributed by atoms with Gasteiger partial charge in [0.05, 0.1) is 6.26 Å². The smallest absolute Gasteiger partial charge is 0.167 e. The summed E-state index contributed by atoms with van der Waals surface area (Å²) in [5.74, 6) is 1.50. The van der Waals surface area contributed by atoms with Crippen molar-refractivity contribution < 1.29 is 8.94 Å². The molecule has 0 N–H and O–H groups in total. The second kappa shape index (κ2) is 9.26. The summed E-state index contributed by atoms with van der Waals surface area (Å²) in [6, 6.07) is 14.3. The predicted octanol–water partition coefficient (Wildman–Crippen LogP) is 6.89. The van der Waals surface area contributed by atoms with Gasteiger partial charge >= 0.3 is 0 Å². The largest absolute Gasteiger partial charge is 0.463 e. The molecule has 0 spiro atoms. The summed E-state index contributed by atoms with van der Waals surface area (Å²) in [6.45, 7) is 2.26. The Kier molecular flexibility index (Phi) is 6.49. The van der Waals surface area contributed by atoms with Crippen LogP contribution in [-0.2, 0) is 6.42 Å². The standard InChI is InChI=1S/C22H27NO2/c1-2-3-4-5-6-7-8-10-18-12-14-19(15-13-18)22-17-20(23-25-22)21-11-9-16-24-21/h9,11-17H,2-8,10H2,1H3. The van der Waals surface area contributed by atoms with Gasteiger partial charge in [0.25, 0.3) is 0 Å². The van der Waals surface area contributed by atoms with Crippen LogP contribution >= 0.6 is 0 Å². The third kappa shape index (κ3) is 5.09. The highest BCUT2D eigenvalue weighted by Gasteiger charge is 2.10. The zero-order valence-electron chi connectivity index (χ0n) is 15.0. The Morgan fingerprint density at radius 3 is 2.32 bits per heavy atom. The van der Waals surface area contributed by atoms with Gasteiger partial charge in [-0.3, -0.25) is 0 Å². The van der Waals surface area contributed by atoms with Crippen LogP contribution in [0.2, 0.25) is 0 Å². The third-order valence-corrected chi connectivity index (χ3v) is 4.59. The Morgan fingerprint density at radius 2 is 1.60 bits per heavy atom. The molecule has 0 unspecified atom stereocenters. The molecule has 1 aromatic carbocycles. The summed E-state index contributed by atoms with van der Waals surface area (Å²) in [4.78, 5) is 0. The maximum absolute atomic E-state index is 5.45. The van der Waals surface area contributed by atoms with Gasteiger partial charge in [0.2, 0.25) is 0 Å². The molecular weight excluding hydrogens is 310 g/mol. The fraction of sp³-hybridized carbons (Fsp3) is 0.409. The molecule has 132 valence electrons. The Balaban J connectivity index is 1.47. The molecule has 0 aliphatic heterocycles. The van der Waals surface area contributed by atoms with E-state index in [2.05, 4.69) is 36.3 Å². The van der Waals surface area contributed by atoms with E-state index in [-0.39, 0.29) is 0 Å². The minimum atomic E-state index is 0.727. The first-order valence-electron chi connectivity index (χ1n) is 9.46. The summed E-state index contributed by atoms with van der Waals surface area (Å²) < 4.78 is 10.8. The van der Waals surface area contributed by atoms with Crippen molar-refractivity contribution in [3.05, 3.63) is 54.3 Å². The van der Waals surface area contributed by atoms with E-state index in [9.17, 15) is 0 Å². The molecule has 25 heavy (non-hydrogen) atoms. The van der Waals surface area contributed by atoms with Crippen molar-refractivity contribution >= 4 is 0 Å². The van der Waals surface area contributed by atoms with Crippen LogP contribution in [-0.4, -0.2) is 5.16 Å². The lowest BCUT2D eigenvalue weighted by molar-refractivity contribution is 0.431. The quantitative estimate of drug-likeness (QED) is 0.378. The van der Waals surface area contributed by atoms with Crippen LogP contribution in [0, 0.1) is 0 Å². The first-order valence-corrected chi connectivity index (χ1v) is 9.46. The van der Waals surface area contributed by atoms with Crippen molar-refractivity contribution in [2.24, 2.45) is 0 Å². The van der Waals surface area contributed by atoms with Crippen LogP contribution in [0.5, 0.6) is 0 Å². The van der Waals surface area contributed by atoms with E-state index in [1.165, 1.54) is 50.5 Å². The maximum atomic E-state index is 5.45. The Labute approximate surface area is 150 Å². The minimum absolute atomic E-state index is 0.727. The van der Waals surface area contributed by atoms with E-state index < -0.39 is 0 Å². The first-order chi connectivity index (χ1) is 12.4. The molecule has 2 heterocycles. The zero-order chi connectivity index (χ0) is 17.3. The molecule has 0 saturated heterocycles. The van der Waals surface area contributed by atoms with Gasteiger partial charge in [-0.15, -0.1) is 0 Å². The highest BCUT2D eigenvalue weighted by Crippen LogP contribution is 2.26. The average Bonchev–Trinajstić information content (AvgIpc) is 3.33. The number of hydrogen-bond donors (Lipinski definition) is 0. The number of hydrogen-bond acceptors (Lipinski definition) is 3. The highest BCUT2D eigenvalue weighted by molar-refractivity contribution is 5.64. The van der Waals surface area contributed by atoms with Crippen molar-refractivity contribution in [3.63, 3.8) is 0 Å². The summed E-state index contributed by atoms with van der Waals surface area (Å²) >= 11 is 0. The normalized spacial score (nSPS) is 11.1. The molecule has 0 amide bonds. The lowest BCUT2D eigenvalue weighted by Crippen LogP contribution is -1.86. The average molecular weight is 337 g/mol. The van der Waals surface area contributed by atoms with Gasteiger partial charge in [0, 0.05) is 11.6 Å². The van der Waals surface area contributed by atoms with Crippen molar-refractivity contribution in [1.29, 1.82) is 0 Å². The SMILES string of the molecule is CCCCCCCCCc1ccc(-c2cc(-c3ccco3)no2)cc1. The van der Waals surface area contributed by atoms with Crippen molar-refractivity contribution in [2.75, 3.05) is 0 Å². The van der Waals surface area contributed by atoms with Gasteiger partial charge in [-0.05, 0) is 30.5 Å². The lowest BCUT2D eigenvalue weighted by atomic mass is 10.0. The monoisotopic (exact) mass is 337 g/mol. The molecule has 0 atom stereocenters. The van der Waals surface area contributed by atoms with Crippen LogP contribution in [0.4, 0.5) is 0 Å². The molecule has 3 rings (SSSR count). The number of furan rings is 1. The Hall–Kier alpha value is -2.29. The topological polar surface area (TPSA) is 39.2 Å². The zero-order valence-corrected chi connectivity index (χ0v) is 15.0. The summed E-state index contributed by atoms with van der Waals surface area (Å²) in [7, 11) is 0. The molecule has 0 aliphatic carbocycles. The fourth-order valence-electron chi connectivity index (χ4n) is 3.07. The molecule has 3 heteroatoms. The van der Waals surface area contributed by atoms with E-state index in [1.54, 1.807) is 6.26 Å². The van der Waals surface area contributed by atoms with Crippen LogP contribution in [0.25, 0.3) is 22.8 Å². The van der Waals surface area contributed by atoms with E-state index in [0.29, 0.717) is 0 Å². The van der Waals surface area contributed by atoms with Crippen LogP contribution in [0.15, 0.2) is 57.7 Å². The summed E-state index contributed by atoms with van der Waals surface area (Å²) in [5, 5.41) is 4.08. The molecule has 0 saturated carbocycles. The molecule has 3 nitrogen and oxygen atoms in total. The fourth-order valence-corrected chi connectivity index (χ4v) is 3.07. The van der Waals surface area contributed by atoms with Crippen molar-refractivity contribution in [2.45, 2.75) is 58.3 Å². The molecular formula is C22H27NO2. The Bertz CT molecular complexity index is 726. The van der Waals surface area contributed by atoms with E-state index in [0.717, 1.165) is 29.2 Å². The van der Waals surface area contributed by atoms with Gasteiger partial charge in [-0.1, -0.05) is 74.9 Å². The lowest BCUT2D eigenvalue weighted by Gasteiger charge is -2.03. The number of benzene rings is 1. The van der Waals surface area contributed by atoms with E-state index in [4.69, 9.17) is 8.94 Å². The van der Waals surface area contributed by atoms with Crippen LogP contribution in [0.3, 0.4) is 0 Å². The predicted molar refractivity (Wildman–Crippen MR) is 101 cm³/mol. The molecule has 0 bridgehead atoms. The van der Waals surface area contributed by atoms with E-state index >= 15 is 0 Å². The van der Waals surface area contributed by atoms with Crippen LogP contribution in [0.1, 0.15) is 57.4 Å². The first kappa shape index (κ1) is 17.5. The second-order valence-corrected chi connectivity index (χ2v) is 6.62. The number of aryl methyl sites for hydroxylation is 1. The number of aromatic nitrogens is 1. The van der Waals surface area contributed by atoms with Gasteiger partial charge < -0.3 is 8.94 Å². The minimum Gasteiger partial charge on any atom is -0.463 e. The molecule has 0 radical (unpaired) electrons. The summed E-state index contributed by atoms with van der Waals surface area (Å²) in [6.07, 6.45) is 12.2. The summed E-state index contributed by atoms with van der Waals surface area (Å²) in [5.41, 5.74) is 3.17. The van der Waals surface area contributed by atoms with Crippen LogP contribution < -0.4 is 0 Å². The van der Waals surface area contributed by atoms with Gasteiger partial charge in [0.1, 0.15) is 5.69 Å². The van der Waals surface area contributed by atoms with Crippen molar-refractivity contribution in [3.8, 4) is 22.8 Å². The molecule has 0 aliphatic rings. The molecule has 0 fully saturated rings. The van der Waals surface area contributed by atoms with Crippen molar-refractivity contribution in [1.82, 2.24) is 5.16 Å². The maximum Gasteiger partial charge on any atom is 0.167 e. The highest BCUT2D eigenvalue weighted by atomic mass is 16.5. The van der Waals surface area contributed by atoms with Gasteiger partial charge in [0.15, 0.2) is 11.5 Å². The van der Waals surface area contributed by atoms with E-state index in [1.807, 2.05) is 18.2 Å². The molecule has 3 aromatic rings. The Morgan fingerprint density at radius 1 is 0.840 bits per heavy atom. The third-order valence-electron chi connectivity index (χ3n) is 4.59. The van der Waals surface area contributed by atoms with Gasteiger partial charge in [-0.2, -0.15) is 0 Å². The number of unbranched alkanes of at least 4 members (excludes halogenated alkanes) is 6.